The lowest BCUT2D eigenvalue weighted by Crippen LogP contribution is -2.32. The molecule has 0 aliphatic carbocycles. The highest BCUT2D eigenvalue weighted by Crippen LogP contribution is 2.02. The van der Waals surface area contributed by atoms with Gasteiger partial charge in [-0.3, -0.25) is 14.0 Å². The summed E-state index contributed by atoms with van der Waals surface area (Å²) in [6.45, 7) is 2.27. The molecule has 22 heavy (non-hydrogen) atoms. The number of pyridine rings is 1. The minimum absolute atomic E-state index is 0.0301. The number of rotatable bonds is 4. The second-order valence-corrected chi connectivity index (χ2v) is 5.00. The average Bonchev–Trinajstić information content (AvgIpc) is 3.01. The van der Waals surface area contributed by atoms with Gasteiger partial charge in [0.2, 0.25) is 0 Å². The Morgan fingerprint density at radius 2 is 2.23 bits per heavy atom. The normalized spacial score (nSPS) is 10.8. The van der Waals surface area contributed by atoms with Crippen LogP contribution < -0.4 is 10.9 Å². The van der Waals surface area contributed by atoms with E-state index in [0.717, 1.165) is 11.3 Å². The number of amides is 1. The minimum Gasteiger partial charge on any atom is -0.469 e. The molecule has 3 aromatic rings. The SMILES string of the molecule is Cc1ccc2ncc(C(=O)NCCc3ccco3)c(=O)n2c1. The van der Waals surface area contributed by atoms with Gasteiger partial charge < -0.3 is 9.73 Å². The molecule has 0 unspecified atom stereocenters. The van der Waals surface area contributed by atoms with Gasteiger partial charge in [-0.05, 0) is 30.7 Å². The molecule has 3 aromatic heterocycles. The molecule has 112 valence electrons. The summed E-state index contributed by atoms with van der Waals surface area (Å²) in [6.07, 6.45) is 5.14. The van der Waals surface area contributed by atoms with Crippen LogP contribution in [0.1, 0.15) is 21.7 Å². The van der Waals surface area contributed by atoms with Gasteiger partial charge in [0.1, 0.15) is 17.0 Å². The van der Waals surface area contributed by atoms with E-state index >= 15 is 0 Å². The van der Waals surface area contributed by atoms with Crippen LogP contribution in [-0.4, -0.2) is 21.8 Å². The summed E-state index contributed by atoms with van der Waals surface area (Å²) in [6, 6.07) is 7.24. The van der Waals surface area contributed by atoms with Crippen molar-refractivity contribution in [2.24, 2.45) is 0 Å². The van der Waals surface area contributed by atoms with Crippen molar-refractivity contribution in [1.29, 1.82) is 0 Å². The molecule has 0 aromatic carbocycles. The van der Waals surface area contributed by atoms with Gasteiger partial charge in [0.25, 0.3) is 11.5 Å². The molecule has 1 N–H and O–H groups in total. The van der Waals surface area contributed by atoms with Crippen molar-refractivity contribution >= 4 is 11.6 Å². The summed E-state index contributed by atoms with van der Waals surface area (Å²) in [5.74, 6) is 0.351. The number of hydrogen-bond donors (Lipinski definition) is 1. The summed E-state index contributed by atoms with van der Waals surface area (Å²) in [4.78, 5) is 28.6. The van der Waals surface area contributed by atoms with Gasteiger partial charge in [-0.1, -0.05) is 6.07 Å². The molecule has 0 radical (unpaired) electrons. The van der Waals surface area contributed by atoms with Crippen molar-refractivity contribution in [3.8, 4) is 0 Å². The van der Waals surface area contributed by atoms with Gasteiger partial charge in [0.15, 0.2) is 0 Å². The molecule has 3 heterocycles. The molecule has 0 saturated heterocycles. The van der Waals surface area contributed by atoms with Gasteiger partial charge in [0.05, 0.1) is 6.26 Å². The van der Waals surface area contributed by atoms with E-state index in [1.165, 1.54) is 10.6 Å². The smallest absolute Gasteiger partial charge is 0.270 e. The molecule has 0 aliphatic rings. The predicted molar refractivity (Wildman–Crippen MR) is 80.9 cm³/mol. The number of aromatic nitrogens is 2. The van der Waals surface area contributed by atoms with Gasteiger partial charge in [-0.25, -0.2) is 4.98 Å². The van der Waals surface area contributed by atoms with Crippen LogP contribution in [0, 0.1) is 6.92 Å². The van der Waals surface area contributed by atoms with Crippen molar-refractivity contribution in [1.82, 2.24) is 14.7 Å². The third-order valence-electron chi connectivity index (χ3n) is 3.33. The Labute approximate surface area is 126 Å². The lowest BCUT2D eigenvalue weighted by atomic mass is 10.2. The van der Waals surface area contributed by atoms with Crippen molar-refractivity contribution in [2.75, 3.05) is 6.54 Å². The molecule has 6 heteroatoms. The van der Waals surface area contributed by atoms with E-state index < -0.39 is 5.91 Å². The summed E-state index contributed by atoms with van der Waals surface area (Å²) in [5.41, 5.74) is 1.10. The highest BCUT2D eigenvalue weighted by atomic mass is 16.3. The lowest BCUT2D eigenvalue weighted by molar-refractivity contribution is 0.0951. The van der Waals surface area contributed by atoms with Gasteiger partial charge in [-0.15, -0.1) is 0 Å². The fourth-order valence-corrected chi connectivity index (χ4v) is 2.19. The van der Waals surface area contributed by atoms with E-state index in [1.54, 1.807) is 24.6 Å². The maximum Gasteiger partial charge on any atom is 0.270 e. The third-order valence-corrected chi connectivity index (χ3v) is 3.33. The number of nitrogens with one attached hydrogen (secondary N) is 1. The molecule has 1 amide bonds. The summed E-state index contributed by atoms with van der Waals surface area (Å²) in [5, 5.41) is 2.71. The van der Waals surface area contributed by atoms with E-state index in [-0.39, 0.29) is 11.1 Å². The second kappa shape index (κ2) is 5.85. The highest BCUT2D eigenvalue weighted by Gasteiger charge is 2.13. The number of furan rings is 1. The molecule has 3 rings (SSSR count). The van der Waals surface area contributed by atoms with Crippen molar-refractivity contribution in [2.45, 2.75) is 13.3 Å². The number of fused-ring (bicyclic) bond motifs is 1. The Bertz CT molecular complexity index is 866. The predicted octanol–water partition coefficient (Wildman–Crippen LogP) is 1.57. The molecular weight excluding hydrogens is 282 g/mol. The highest BCUT2D eigenvalue weighted by molar-refractivity contribution is 5.93. The zero-order valence-corrected chi connectivity index (χ0v) is 12.1. The Morgan fingerprint density at radius 1 is 1.36 bits per heavy atom. The van der Waals surface area contributed by atoms with Crippen LogP contribution in [0.4, 0.5) is 0 Å². The first-order chi connectivity index (χ1) is 10.6. The topological polar surface area (TPSA) is 76.6 Å². The molecule has 0 atom stereocenters. The van der Waals surface area contributed by atoms with E-state index in [1.807, 2.05) is 19.1 Å². The Hall–Kier alpha value is -2.89. The lowest BCUT2D eigenvalue weighted by Gasteiger charge is -2.06. The van der Waals surface area contributed by atoms with E-state index in [0.29, 0.717) is 18.6 Å². The zero-order chi connectivity index (χ0) is 15.5. The molecule has 0 bridgehead atoms. The number of aryl methyl sites for hydroxylation is 1. The minimum atomic E-state index is -0.431. The number of carbonyl (C=O) groups is 1. The maximum absolute atomic E-state index is 12.4. The summed E-state index contributed by atoms with van der Waals surface area (Å²) in [7, 11) is 0. The average molecular weight is 297 g/mol. The quantitative estimate of drug-likeness (QED) is 0.793. The first kappa shape index (κ1) is 14.1. The Kier molecular flexibility index (Phi) is 3.74. The van der Waals surface area contributed by atoms with Gasteiger partial charge in [-0.2, -0.15) is 0 Å². The molecule has 0 fully saturated rings. The van der Waals surface area contributed by atoms with Crippen molar-refractivity contribution in [3.63, 3.8) is 0 Å². The Balaban J connectivity index is 1.79. The van der Waals surface area contributed by atoms with E-state index in [4.69, 9.17) is 4.42 Å². The van der Waals surface area contributed by atoms with Crippen molar-refractivity contribution < 1.29 is 9.21 Å². The van der Waals surface area contributed by atoms with Crippen molar-refractivity contribution in [3.05, 3.63) is 70.2 Å². The number of nitrogens with zero attached hydrogens (tertiary/aromatic N) is 2. The zero-order valence-electron chi connectivity index (χ0n) is 12.1. The van der Waals surface area contributed by atoms with Gasteiger partial charge >= 0.3 is 0 Å². The fraction of sp³-hybridized carbons (Fsp3) is 0.188. The second-order valence-electron chi connectivity index (χ2n) is 5.00. The standard InChI is InChI=1S/C16H15N3O3/c1-11-4-5-14-18-9-13(16(21)19(14)10-11)15(20)17-7-6-12-3-2-8-22-12/h2-5,8-10H,6-7H2,1H3,(H,17,20). The molecule has 6 nitrogen and oxygen atoms in total. The third kappa shape index (κ3) is 2.76. The maximum atomic E-state index is 12.4. The summed E-state index contributed by atoms with van der Waals surface area (Å²) >= 11 is 0. The van der Waals surface area contributed by atoms with Crippen LogP contribution >= 0.6 is 0 Å². The fourth-order valence-electron chi connectivity index (χ4n) is 2.19. The van der Waals surface area contributed by atoms with Gasteiger partial charge in [0, 0.05) is 25.4 Å². The van der Waals surface area contributed by atoms with E-state index in [9.17, 15) is 9.59 Å². The van der Waals surface area contributed by atoms with Crippen LogP contribution in [0.2, 0.25) is 0 Å². The largest absolute Gasteiger partial charge is 0.469 e. The van der Waals surface area contributed by atoms with Crippen LogP contribution in [-0.2, 0) is 6.42 Å². The molecule has 0 saturated carbocycles. The van der Waals surface area contributed by atoms with Crippen LogP contribution in [0.5, 0.6) is 0 Å². The molecule has 0 spiro atoms. The number of hydrogen-bond acceptors (Lipinski definition) is 4. The molecular formula is C16H15N3O3. The summed E-state index contributed by atoms with van der Waals surface area (Å²) < 4.78 is 6.57. The monoisotopic (exact) mass is 297 g/mol. The number of carbonyl (C=O) groups excluding carboxylic acids is 1. The van der Waals surface area contributed by atoms with Crippen LogP contribution in [0.25, 0.3) is 5.65 Å². The molecule has 0 aliphatic heterocycles. The van der Waals surface area contributed by atoms with Crippen LogP contribution in [0.3, 0.4) is 0 Å². The van der Waals surface area contributed by atoms with Crippen LogP contribution in [0.15, 0.2) is 52.1 Å². The Morgan fingerprint density at radius 3 is 3.00 bits per heavy atom. The first-order valence-electron chi connectivity index (χ1n) is 6.94. The van der Waals surface area contributed by atoms with E-state index in [2.05, 4.69) is 10.3 Å². The first-order valence-corrected chi connectivity index (χ1v) is 6.94.